The number of ether oxygens (including phenoxy) is 1. The van der Waals surface area contributed by atoms with E-state index in [1.807, 2.05) is 6.07 Å². The number of pyridine rings is 1. The summed E-state index contributed by atoms with van der Waals surface area (Å²) in [5.74, 6) is -0.371. The van der Waals surface area contributed by atoms with Crippen molar-refractivity contribution in [1.82, 2.24) is 15.6 Å². The minimum atomic E-state index is -0.426. The molecule has 0 saturated carbocycles. The highest BCUT2D eigenvalue weighted by atomic mass is 16.5. The fourth-order valence-corrected chi connectivity index (χ4v) is 3.00. The Morgan fingerprint density at radius 3 is 2.75 bits per heavy atom. The molecular formula is C20H22N4O4. The molecule has 2 heterocycles. The van der Waals surface area contributed by atoms with E-state index in [1.165, 1.54) is 0 Å². The predicted octanol–water partition coefficient (Wildman–Crippen LogP) is 0.989. The Balaban J connectivity index is 1.46. The Labute approximate surface area is 162 Å². The van der Waals surface area contributed by atoms with Gasteiger partial charge in [0.2, 0.25) is 11.8 Å². The molecule has 1 aliphatic rings. The normalized spacial score (nSPS) is 16.0. The summed E-state index contributed by atoms with van der Waals surface area (Å²) < 4.78 is 5.18. The average molecular weight is 382 g/mol. The molecule has 146 valence electrons. The first kappa shape index (κ1) is 19.3. The second-order valence-electron chi connectivity index (χ2n) is 6.37. The molecule has 1 aliphatic heterocycles. The van der Waals surface area contributed by atoms with Crippen LogP contribution < -0.4 is 20.3 Å². The number of nitrogens with one attached hydrogen (secondary N) is 2. The summed E-state index contributed by atoms with van der Waals surface area (Å²) in [5, 5.41) is 5.46. The number of carbonyl (C=O) groups excluding carboxylic acids is 3. The predicted molar refractivity (Wildman–Crippen MR) is 103 cm³/mol. The number of amides is 3. The van der Waals surface area contributed by atoms with E-state index in [1.54, 1.807) is 54.6 Å². The van der Waals surface area contributed by atoms with E-state index >= 15 is 0 Å². The van der Waals surface area contributed by atoms with Gasteiger partial charge < -0.3 is 20.3 Å². The number of benzene rings is 1. The third-order valence-corrected chi connectivity index (χ3v) is 4.47. The van der Waals surface area contributed by atoms with Crippen molar-refractivity contribution in [2.24, 2.45) is 5.92 Å². The first-order valence-electron chi connectivity index (χ1n) is 9.00. The van der Waals surface area contributed by atoms with Gasteiger partial charge in [-0.15, -0.1) is 0 Å². The van der Waals surface area contributed by atoms with Crippen LogP contribution in [-0.4, -0.2) is 49.4 Å². The first-order chi connectivity index (χ1) is 13.6. The number of aromatic nitrogens is 1. The van der Waals surface area contributed by atoms with Gasteiger partial charge in [0.25, 0.3) is 5.91 Å². The molecule has 1 unspecified atom stereocenters. The van der Waals surface area contributed by atoms with Crippen LogP contribution in [0.1, 0.15) is 16.9 Å². The SMILES string of the molecule is COc1cccc(N2CC(C(=O)NCCNC(=O)c3ccccn3)CC2=O)c1. The lowest BCUT2D eigenvalue weighted by Crippen LogP contribution is -2.38. The van der Waals surface area contributed by atoms with Gasteiger partial charge in [-0.25, -0.2) is 0 Å². The summed E-state index contributed by atoms with van der Waals surface area (Å²) in [6.07, 6.45) is 1.70. The molecule has 1 aromatic heterocycles. The number of rotatable bonds is 7. The van der Waals surface area contributed by atoms with Gasteiger partial charge in [-0.1, -0.05) is 12.1 Å². The fraction of sp³-hybridized carbons (Fsp3) is 0.300. The van der Waals surface area contributed by atoms with Crippen LogP contribution in [0, 0.1) is 5.92 Å². The summed E-state index contributed by atoms with van der Waals surface area (Å²) in [6, 6.07) is 12.3. The maximum absolute atomic E-state index is 12.4. The summed E-state index contributed by atoms with van der Waals surface area (Å²) in [7, 11) is 1.56. The first-order valence-corrected chi connectivity index (χ1v) is 9.00. The Morgan fingerprint density at radius 1 is 1.18 bits per heavy atom. The number of hydrogen-bond acceptors (Lipinski definition) is 5. The van der Waals surface area contributed by atoms with E-state index in [-0.39, 0.29) is 37.2 Å². The van der Waals surface area contributed by atoms with Gasteiger partial charge in [0, 0.05) is 44.0 Å². The summed E-state index contributed by atoms with van der Waals surface area (Å²) >= 11 is 0. The van der Waals surface area contributed by atoms with Crippen molar-refractivity contribution in [3.63, 3.8) is 0 Å². The Bertz CT molecular complexity index is 856. The molecule has 1 saturated heterocycles. The summed E-state index contributed by atoms with van der Waals surface area (Å²) in [6.45, 7) is 0.876. The standard InChI is InChI=1S/C20H22N4O4/c1-28-16-6-4-5-15(12-16)24-13-14(11-18(24)25)19(26)22-9-10-23-20(27)17-7-2-3-8-21-17/h2-8,12,14H,9-11,13H2,1H3,(H,22,26)(H,23,27). The molecule has 3 rings (SSSR count). The van der Waals surface area contributed by atoms with E-state index < -0.39 is 5.92 Å². The third kappa shape index (κ3) is 4.64. The van der Waals surface area contributed by atoms with Crippen molar-refractivity contribution in [3.05, 3.63) is 54.4 Å². The Kier molecular flexibility index (Phi) is 6.21. The minimum Gasteiger partial charge on any atom is -0.497 e. The van der Waals surface area contributed by atoms with Crippen LogP contribution in [0.4, 0.5) is 5.69 Å². The van der Waals surface area contributed by atoms with Gasteiger partial charge in [0.1, 0.15) is 11.4 Å². The lowest BCUT2D eigenvalue weighted by molar-refractivity contribution is -0.126. The molecule has 0 spiro atoms. The number of anilines is 1. The van der Waals surface area contributed by atoms with Crippen LogP contribution in [0.15, 0.2) is 48.7 Å². The molecule has 8 nitrogen and oxygen atoms in total. The Hall–Kier alpha value is -3.42. The van der Waals surface area contributed by atoms with Gasteiger partial charge in [-0.3, -0.25) is 19.4 Å². The lowest BCUT2D eigenvalue weighted by atomic mass is 10.1. The summed E-state index contributed by atoms with van der Waals surface area (Å²) in [5.41, 5.74) is 1.03. The second-order valence-corrected chi connectivity index (χ2v) is 6.37. The van der Waals surface area contributed by atoms with Gasteiger partial charge in [-0.2, -0.15) is 0 Å². The Morgan fingerprint density at radius 2 is 2.00 bits per heavy atom. The smallest absolute Gasteiger partial charge is 0.269 e. The zero-order chi connectivity index (χ0) is 19.9. The van der Waals surface area contributed by atoms with Crippen LogP contribution >= 0.6 is 0 Å². The number of methoxy groups -OCH3 is 1. The van der Waals surface area contributed by atoms with Crippen molar-refractivity contribution in [3.8, 4) is 5.75 Å². The highest BCUT2D eigenvalue weighted by molar-refractivity contribution is 6.00. The van der Waals surface area contributed by atoms with Crippen molar-refractivity contribution in [2.75, 3.05) is 31.6 Å². The summed E-state index contributed by atoms with van der Waals surface area (Å²) in [4.78, 5) is 42.1. The van der Waals surface area contributed by atoms with Gasteiger partial charge in [-0.05, 0) is 24.3 Å². The zero-order valence-electron chi connectivity index (χ0n) is 15.6. The van der Waals surface area contributed by atoms with Gasteiger partial charge >= 0.3 is 0 Å². The molecule has 2 aromatic rings. The quantitative estimate of drug-likeness (QED) is 0.696. The van der Waals surface area contributed by atoms with Crippen molar-refractivity contribution in [1.29, 1.82) is 0 Å². The van der Waals surface area contributed by atoms with E-state index in [0.717, 1.165) is 0 Å². The highest BCUT2D eigenvalue weighted by Crippen LogP contribution is 2.27. The molecule has 2 N–H and O–H groups in total. The molecule has 1 atom stereocenters. The van der Waals surface area contributed by atoms with E-state index in [4.69, 9.17) is 4.74 Å². The van der Waals surface area contributed by atoms with E-state index in [9.17, 15) is 14.4 Å². The maximum atomic E-state index is 12.4. The van der Waals surface area contributed by atoms with Crippen LogP contribution in [0.25, 0.3) is 0 Å². The highest BCUT2D eigenvalue weighted by Gasteiger charge is 2.35. The van der Waals surface area contributed by atoms with Crippen LogP contribution in [0.5, 0.6) is 5.75 Å². The van der Waals surface area contributed by atoms with Crippen molar-refractivity contribution < 1.29 is 19.1 Å². The molecule has 1 aromatic carbocycles. The van der Waals surface area contributed by atoms with E-state index in [0.29, 0.717) is 23.7 Å². The topological polar surface area (TPSA) is 101 Å². The fourth-order valence-electron chi connectivity index (χ4n) is 3.00. The van der Waals surface area contributed by atoms with Crippen molar-refractivity contribution in [2.45, 2.75) is 6.42 Å². The maximum Gasteiger partial charge on any atom is 0.269 e. The average Bonchev–Trinajstić information content (AvgIpc) is 3.13. The minimum absolute atomic E-state index is 0.100. The molecule has 3 amide bonds. The molecule has 1 fully saturated rings. The van der Waals surface area contributed by atoms with Gasteiger partial charge in [0.15, 0.2) is 0 Å². The third-order valence-electron chi connectivity index (χ3n) is 4.47. The number of hydrogen-bond donors (Lipinski definition) is 2. The number of carbonyl (C=O) groups is 3. The molecular weight excluding hydrogens is 360 g/mol. The second kappa shape index (κ2) is 8.98. The van der Waals surface area contributed by atoms with Crippen LogP contribution in [-0.2, 0) is 9.59 Å². The molecule has 0 bridgehead atoms. The van der Waals surface area contributed by atoms with Crippen LogP contribution in [0.2, 0.25) is 0 Å². The lowest BCUT2D eigenvalue weighted by Gasteiger charge is -2.17. The van der Waals surface area contributed by atoms with Crippen LogP contribution in [0.3, 0.4) is 0 Å². The van der Waals surface area contributed by atoms with Gasteiger partial charge in [0.05, 0.1) is 13.0 Å². The monoisotopic (exact) mass is 382 g/mol. The largest absolute Gasteiger partial charge is 0.497 e. The zero-order valence-corrected chi connectivity index (χ0v) is 15.6. The molecule has 0 radical (unpaired) electrons. The molecule has 28 heavy (non-hydrogen) atoms. The molecule has 0 aliphatic carbocycles. The molecule has 8 heteroatoms. The van der Waals surface area contributed by atoms with E-state index in [2.05, 4.69) is 15.6 Å². The van der Waals surface area contributed by atoms with Crippen molar-refractivity contribution >= 4 is 23.4 Å². The number of nitrogens with zero attached hydrogens (tertiary/aromatic N) is 2.